The minimum Gasteiger partial charge on any atom is -0.497 e. The summed E-state index contributed by atoms with van der Waals surface area (Å²) in [4.78, 5) is 10.9. The normalized spacial score (nSPS) is 15.3. The third-order valence-electron chi connectivity index (χ3n) is 5.34. The number of piperazine rings is 1. The van der Waals surface area contributed by atoms with Gasteiger partial charge >= 0.3 is 0 Å². The van der Waals surface area contributed by atoms with E-state index in [1.54, 1.807) is 24.3 Å². The highest BCUT2D eigenvalue weighted by atomic mass is 35.5. The number of anilines is 1. The molecule has 1 fully saturated rings. The first-order chi connectivity index (χ1) is 17.3. The van der Waals surface area contributed by atoms with Crippen LogP contribution in [0.15, 0.2) is 41.3 Å². The Hall–Kier alpha value is -2.61. The van der Waals surface area contributed by atoms with Gasteiger partial charge in [-0.2, -0.15) is 4.31 Å². The smallest absolute Gasteiger partial charge is 0.300 e. The molecule has 0 saturated carbocycles. The number of aliphatic hydroxyl groups excluding tert-OH is 1. The number of hydrogen-bond acceptors (Lipinski definition) is 8. The van der Waals surface area contributed by atoms with Gasteiger partial charge in [-0.3, -0.25) is 15.1 Å². The molecule has 14 heteroatoms. The molecule has 11 nitrogen and oxygen atoms in total. The van der Waals surface area contributed by atoms with E-state index in [0.717, 1.165) is 12.6 Å². The number of aliphatic hydroxyl groups is 1. The Morgan fingerprint density at radius 2 is 1.68 bits per heavy atom. The lowest BCUT2D eigenvalue weighted by Crippen LogP contribution is -2.51. The van der Waals surface area contributed by atoms with Gasteiger partial charge in [-0.25, -0.2) is 8.42 Å². The van der Waals surface area contributed by atoms with Gasteiger partial charge in [0.2, 0.25) is 10.0 Å². The molecule has 6 N–H and O–H groups in total. The third-order valence-corrected chi connectivity index (χ3v) is 8.16. The van der Waals surface area contributed by atoms with Crippen LogP contribution in [0.3, 0.4) is 0 Å². The third kappa shape index (κ3) is 9.02. The molecule has 1 saturated heterocycles. The van der Waals surface area contributed by atoms with E-state index in [4.69, 9.17) is 49.0 Å². The summed E-state index contributed by atoms with van der Waals surface area (Å²) in [6.07, 6.45) is -0.647. The van der Waals surface area contributed by atoms with E-state index in [2.05, 4.69) is 5.32 Å². The number of carboxylic acids is 1. The SMILES string of the molecule is CC(=O)O.COc1cc(Cl)c(S(=O)(=O)N2CCN(CC(O)CNc3ccc(C(=N)N)cc3)CC2)c(Cl)c1. The van der Waals surface area contributed by atoms with Crippen molar-refractivity contribution in [2.24, 2.45) is 5.73 Å². The summed E-state index contributed by atoms with van der Waals surface area (Å²) >= 11 is 12.4. The highest BCUT2D eigenvalue weighted by Crippen LogP contribution is 2.35. The van der Waals surface area contributed by atoms with Crippen LogP contribution >= 0.6 is 23.2 Å². The molecular formula is C23H31Cl2N5O6S. The summed E-state index contributed by atoms with van der Waals surface area (Å²) in [5.41, 5.74) is 6.88. The van der Waals surface area contributed by atoms with Crippen LogP contribution in [0.5, 0.6) is 5.75 Å². The monoisotopic (exact) mass is 575 g/mol. The zero-order valence-electron chi connectivity index (χ0n) is 20.4. The van der Waals surface area contributed by atoms with Gasteiger partial charge in [0.25, 0.3) is 5.97 Å². The van der Waals surface area contributed by atoms with Crippen molar-refractivity contribution in [3.05, 3.63) is 52.0 Å². The second-order valence-electron chi connectivity index (χ2n) is 8.17. The van der Waals surface area contributed by atoms with Crippen LogP contribution in [0.1, 0.15) is 12.5 Å². The van der Waals surface area contributed by atoms with Gasteiger partial charge < -0.3 is 26.0 Å². The van der Waals surface area contributed by atoms with Gasteiger partial charge in [0.1, 0.15) is 16.5 Å². The number of nitrogens with two attached hydrogens (primary N) is 1. The summed E-state index contributed by atoms with van der Waals surface area (Å²) < 4.78 is 32.6. The molecule has 0 amide bonds. The summed E-state index contributed by atoms with van der Waals surface area (Å²) in [5.74, 6) is -0.453. The number of benzene rings is 2. The minimum atomic E-state index is -3.87. The van der Waals surface area contributed by atoms with Crippen molar-refractivity contribution in [2.45, 2.75) is 17.9 Å². The van der Waals surface area contributed by atoms with E-state index < -0.39 is 22.1 Å². The summed E-state index contributed by atoms with van der Waals surface area (Å²) in [6.45, 7) is 3.26. The van der Waals surface area contributed by atoms with E-state index in [9.17, 15) is 13.5 Å². The Kier molecular flexibility index (Phi) is 11.4. The fraction of sp³-hybridized carbons (Fsp3) is 0.391. The number of halogens is 2. The van der Waals surface area contributed by atoms with Crippen LogP contribution in [-0.2, 0) is 14.8 Å². The number of β-amino-alcohol motifs (C(OH)–C–C–N with tert-alkyl or cyclic N) is 1. The second-order valence-corrected chi connectivity index (χ2v) is 10.9. The second kappa shape index (κ2) is 13.8. The van der Waals surface area contributed by atoms with Gasteiger partial charge in [-0.05, 0) is 24.3 Å². The number of hydrogen-bond donors (Lipinski definition) is 5. The van der Waals surface area contributed by atoms with Crippen LogP contribution in [0, 0.1) is 5.41 Å². The van der Waals surface area contributed by atoms with Crippen LogP contribution in [0.4, 0.5) is 5.69 Å². The molecule has 1 atom stereocenters. The maximum absolute atomic E-state index is 13.1. The Bertz CT molecular complexity index is 1160. The summed E-state index contributed by atoms with van der Waals surface area (Å²) in [5, 5.41) is 28.4. The molecule has 0 aromatic heterocycles. The molecule has 0 bridgehead atoms. The number of carbonyl (C=O) groups is 1. The van der Waals surface area contributed by atoms with E-state index in [0.29, 0.717) is 37.5 Å². The Morgan fingerprint density at radius 1 is 1.16 bits per heavy atom. The lowest BCUT2D eigenvalue weighted by atomic mass is 10.2. The van der Waals surface area contributed by atoms with Crippen molar-refractivity contribution >= 4 is 50.7 Å². The average Bonchev–Trinajstić information content (AvgIpc) is 2.82. The zero-order valence-corrected chi connectivity index (χ0v) is 22.8. The highest BCUT2D eigenvalue weighted by Gasteiger charge is 2.32. The van der Waals surface area contributed by atoms with E-state index in [1.165, 1.54) is 23.5 Å². The first-order valence-corrected chi connectivity index (χ1v) is 13.4. The number of nitrogens with one attached hydrogen (secondary N) is 2. The number of aliphatic carboxylic acids is 1. The number of amidine groups is 1. The van der Waals surface area contributed by atoms with Gasteiger partial charge in [0, 0.05) is 69.6 Å². The van der Waals surface area contributed by atoms with Crippen LogP contribution in [0.25, 0.3) is 0 Å². The average molecular weight is 577 g/mol. The van der Waals surface area contributed by atoms with Gasteiger partial charge in [0.15, 0.2) is 0 Å². The number of sulfonamides is 1. The molecule has 0 aliphatic carbocycles. The van der Waals surface area contributed by atoms with Crippen LogP contribution in [0.2, 0.25) is 10.0 Å². The Labute approximate surface area is 226 Å². The Morgan fingerprint density at radius 3 is 2.14 bits per heavy atom. The van der Waals surface area contributed by atoms with E-state index >= 15 is 0 Å². The molecule has 0 spiro atoms. The molecule has 0 radical (unpaired) electrons. The number of rotatable bonds is 9. The quantitative estimate of drug-likeness (QED) is 0.222. The fourth-order valence-corrected chi connectivity index (χ4v) is 6.11. The molecule has 37 heavy (non-hydrogen) atoms. The van der Waals surface area contributed by atoms with Crippen molar-refractivity contribution in [1.29, 1.82) is 5.41 Å². The highest BCUT2D eigenvalue weighted by molar-refractivity contribution is 7.89. The largest absolute Gasteiger partial charge is 0.497 e. The first-order valence-electron chi connectivity index (χ1n) is 11.2. The molecule has 2 aromatic rings. The summed E-state index contributed by atoms with van der Waals surface area (Å²) in [6, 6.07) is 9.91. The number of nitrogen functional groups attached to an aromatic ring is 1. The molecule has 1 aliphatic rings. The van der Waals surface area contributed by atoms with Crippen LogP contribution in [-0.4, -0.2) is 92.1 Å². The van der Waals surface area contributed by atoms with Gasteiger partial charge in [-0.15, -0.1) is 0 Å². The number of carboxylic acid groups (broad SMARTS) is 1. The predicted octanol–water partition coefficient (Wildman–Crippen LogP) is 2.16. The molecule has 1 heterocycles. The first kappa shape index (κ1) is 30.6. The van der Waals surface area contributed by atoms with E-state index in [-0.39, 0.29) is 33.9 Å². The Balaban J connectivity index is 0.00000112. The fourth-order valence-electron chi connectivity index (χ4n) is 3.55. The molecule has 3 rings (SSSR count). The molecule has 2 aromatic carbocycles. The molecule has 1 aliphatic heterocycles. The van der Waals surface area contributed by atoms with Gasteiger partial charge in [-0.1, -0.05) is 23.2 Å². The summed E-state index contributed by atoms with van der Waals surface area (Å²) in [7, 11) is -2.42. The lowest BCUT2D eigenvalue weighted by molar-refractivity contribution is -0.134. The molecular weight excluding hydrogens is 545 g/mol. The van der Waals surface area contributed by atoms with Crippen molar-refractivity contribution < 1.29 is 28.2 Å². The van der Waals surface area contributed by atoms with Crippen LogP contribution < -0.4 is 15.8 Å². The van der Waals surface area contributed by atoms with Crippen molar-refractivity contribution in [1.82, 2.24) is 9.21 Å². The molecule has 1 unspecified atom stereocenters. The predicted molar refractivity (Wildman–Crippen MR) is 143 cm³/mol. The zero-order chi connectivity index (χ0) is 27.8. The van der Waals surface area contributed by atoms with Crippen molar-refractivity contribution in [3.63, 3.8) is 0 Å². The standard InChI is InChI=1S/C21H27Cl2N5O4S.C2H4O2/c1-32-17-10-18(22)20(19(23)11-17)33(30,31)28-8-6-27(7-9-28)13-16(29)12-26-15-4-2-14(3-5-15)21(24)25;1-2(3)4/h2-5,10-11,16,26,29H,6-9,12-13H2,1H3,(H3,24,25);1H3,(H,3,4). The van der Waals surface area contributed by atoms with Crippen molar-refractivity contribution in [2.75, 3.05) is 51.7 Å². The number of methoxy groups -OCH3 is 1. The van der Waals surface area contributed by atoms with Gasteiger partial charge in [0.05, 0.1) is 23.3 Å². The number of nitrogens with zero attached hydrogens (tertiary/aromatic N) is 2. The maximum atomic E-state index is 13.1. The topological polar surface area (TPSA) is 169 Å². The minimum absolute atomic E-state index is 0.000672. The lowest BCUT2D eigenvalue weighted by Gasteiger charge is -2.35. The molecule has 204 valence electrons. The van der Waals surface area contributed by atoms with E-state index in [1.807, 2.05) is 4.90 Å². The maximum Gasteiger partial charge on any atom is 0.300 e. The number of ether oxygens (including phenoxy) is 1. The van der Waals surface area contributed by atoms with Crippen molar-refractivity contribution in [3.8, 4) is 5.75 Å².